The van der Waals surface area contributed by atoms with E-state index in [2.05, 4.69) is 6.92 Å². The van der Waals surface area contributed by atoms with Crippen molar-refractivity contribution >= 4 is 34.9 Å². The number of rotatable bonds is 7. The highest BCUT2D eigenvalue weighted by Gasteiger charge is 2.53. The number of ketones is 3. The van der Waals surface area contributed by atoms with Crippen molar-refractivity contribution in [3.63, 3.8) is 0 Å². The molecule has 0 radical (unpaired) electrons. The molecule has 0 spiro atoms. The lowest BCUT2D eigenvalue weighted by Crippen LogP contribution is -2.61. The van der Waals surface area contributed by atoms with E-state index in [1.54, 1.807) is 41.1 Å². The summed E-state index contributed by atoms with van der Waals surface area (Å²) in [5, 5.41) is 36.3. The molecular formula is C57H86N2O14. The molecule has 0 aromatic heterocycles. The first kappa shape index (κ1) is 58.4. The Morgan fingerprint density at radius 1 is 0.808 bits per heavy atom. The molecule has 4 fully saturated rings. The predicted molar refractivity (Wildman–Crippen MR) is 274 cm³/mol. The number of aliphatic hydroxyl groups is 3. The largest absolute Gasteiger partial charge is 0.460 e. The number of nitrogens with zero attached hydrogens (tertiary/aromatic N) is 2. The lowest BCUT2D eigenvalue weighted by molar-refractivity contribution is -0.265. The highest BCUT2D eigenvalue weighted by Crippen LogP contribution is 2.39. The summed E-state index contributed by atoms with van der Waals surface area (Å²) < 4.78 is 29.9. The van der Waals surface area contributed by atoms with E-state index in [0.29, 0.717) is 69.8 Å². The fraction of sp³-hybridized carbons (Fsp3) is 0.737. The first-order valence-electron chi connectivity index (χ1n) is 27.1. The van der Waals surface area contributed by atoms with E-state index in [4.69, 9.17) is 28.5 Å². The quantitative estimate of drug-likeness (QED) is 0.142. The molecule has 16 heteroatoms. The Balaban J connectivity index is 1.34. The van der Waals surface area contributed by atoms with Crippen LogP contribution in [0.3, 0.4) is 0 Å². The summed E-state index contributed by atoms with van der Waals surface area (Å²) in [6.07, 6.45) is 4.36. The van der Waals surface area contributed by atoms with Crippen LogP contribution in [0.15, 0.2) is 53.6 Å². The van der Waals surface area contributed by atoms with Crippen LogP contribution in [-0.2, 0) is 52.5 Å². The summed E-state index contributed by atoms with van der Waals surface area (Å²) in [5.74, 6) is -8.21. The highest BCUT2D eigenvalue weighted by atomic mass is 16.7. The Morgan fingerprint density at radius 3 is 2.22 bits per heavy atom. The number of allylic oxidation sites excluding steroid dienone is 1. The Bertz CT molecular complexity index is 2100. The topological polar surface area (TPSA) is 208 Å². The molecule has 16 nitrogen and oxygen atoms in total. The SMILES string of the molecule is CO[C@H]1C[C@@H]2CC[C@@H](C)[C@@](O)(O2)C(=O)C(=O)N2CCCC[C@H]2C(=O)OC([C@H](C)C[C@@H]2CC[C@@H](O)[C@@H](OC)C2)CC(=O)[C@H](C)/C=C(/C)[C@@H](O)[C@@H](OC)C(=O)[C@H](C)C[C@H](C)C2CCC(/C=C\1C)ON2c1ccccc1. The van der Waals surface area contributed by atoms with E-state index in [1.807, 2.05) is 62.2 Å². The van der Waals surface area contributed by atoms with Gasteiger partial charge in [0.15, 0.2) is 5.78 Å². The summed E-state index contributed by atoms with van der Waals surface area (Å²) in [5.41, 5.74) is 2.11. The van der Waals surface area contributed by atoms with Gasteiger partial charge in [0.25, 0.3) is 11.7 Å². The number of hydrogen-bond donors (Lipinski definition) is 3. The Morgan fingerprint density at radius 2 is 1.53 bits per heavy atom. The second-order valence-electron chi connectivity index (χ2n) is 22.3. The van der Waals surface area contributed by atoms with Crippen LogP contribution < -0.4 is 5.06 Å². The molecule has 6 aliphatic rings. The average Bonchev–Trinajstić information content (AvgIpc) is 3.38. The molecule has 1 aromatic carbocycles. The lowest BCUT2D eigenvalue weighted by Gasteiger charge is -2.43. The molecule has 5 heterocycles. The number of hydroxylamine groups is 1. The number of anilines is 1. The van der Waals surface area contributed by atoms with Crippen molar-refractivity contribution in [2.75, 3.05) is 32.9 Å². The smallest absolute Gasteiger partial charge is 0.329 e. The van der Waals surface area contributed by atoms with Crippen LogP contribution in [0, 0.1) is 35.5 Å². The monoisotopic (exact) mass is 1020 g/mol. The molecule has 1 saturated carbocycles. The van der Waals surface area contributed by atoms with Crippen molar-refractivity contribution in [3.8, 4) is 0 Å². The average molecular weight is 1020 g/mol. The van der Waals surface area contributed by atoms with Gasteiger partial charge < -0.3 is 43.9 Å². The number of ether oxygens (including phenoxy) is 5. The summed E-state index contributed by atoms with van der Waals surface area (Å²) in [6.45, 7) is 12.9. The molecule has 1 amide bonds. The van der Waals surface area contributed by atoms with Crippen LogP contribution in [0.25, 0.3) is 0 Å². The third-order valence-electron chi connectivity index (χ3n) is 16.9. The maximum atomic E-state index is 14.5. The number of carbonyl (C=O) groups is 5. The number of carbonyl (C=O) groups excluding carboxylic acids is 5. The van der Waals surface area contributed by atoms with Gasteiger partial charge in [0, 0.05) is 58.5 Å². The van der Waals surface area contributed by atoms with Crippen LogP contribution >= 0.6 is 0 Å². The molecule has 408 valence electrons. The summed E-state index contributed by atoms with van der Waals surface area (Å²) >= 11 is 0. The minimum Gasteiger partial charge on any atom is -0.460 e. The molecule has 5 aliphatic heterocycles. The normalized spacial score (nSPS) is 39.5. The van der Waals surface area contributed by atoms with Gasteiger partial charge in [-0.05, 0) is 132 Å². The number of piperidine rings is 1. The van der Waals surface area contributed by atoms with Crippen molar-refractivity contribution in [3.05, 3.63) is 53.6 Å². The first-order chi connectivity index (χ1) is 34.7. The minimum atomic E-state index is -2.46. The van der Waals surface area contributed by atoms with Crippen molar-refractivity contribution < 1.29 is 67.8 Å². The van der Waals surface area contributed by atoms with Crippen LogP contribution in [0.1, 0.15) is 138 Å². The maximum absolute atomic E-state index is 14.5. The van der Waals surface area contributed by atoms with Gasteiger partial charge in [0.1, 0.15) is 36.2 Å². The number of aliphatic hydroxyl groups excluding tert-OH is 2. The van der Waals surface area contributed by atoms with Gasteiger partial charge in [-0.25, -0.2) is 4.79 Å². The van der Waals surface area contributed by atoms with E-state index >= 15 is 0 Å². The molecule has 73 heavy (non-hydrogen) atoms. The predicted octanol–water partition coefficient (Wildman–Crippen LogP) is 7.04. The Labute approximate surface area is 433 Å². The van der Waals surface area contributed by atoms with Gasteiger partial charge in [-0.2, -0.15) is 0 Å². The molecular weight excluding hydrogens is 937 g/mol. The van der Waals surface area contributed by atoms with Crippen LogP contribution in [-0.4, -0.2) is 144 Å². The van der Waals surface area contributed by atoms with E-state index < -0.39 is 83.9 Å². The molecule has 1 aliphatic carbocycles. The zero-order valence-corrected chi connectivity index (χ0v) is 45.1. The van der Waals surface area contributed by atoms with Gasteiger partial charge in [-0.3, -0.25) is 29.1 Å². The van der Waals surface area contributed by atoms with Crippen LogP contribution in [0.4, 0.5) is 5.69 Å². The van der Waals surface area contributed by atoms with E-state index in [-0.39, 0.29) is 73.4 Å². The molecule has 3 unspecified atom stereocenters. The van der Waals surface area contributed by atoms with Gasteiger partial charge in [0.2, 0.25) is 5.79 Å². The second kappa shape index (κ2) is 26.3. The minimum absolute atomic E-state index is 0.0349. The van der Waals surface area contributed by atoms with Crippen LogP contribution in [0.5, 0.6) is 0 Å². The highest BCUT2D eigenvalue weighted by molar-refractivity contribution is 6.39. The van der Waals surface area contributed by atoms with Crippen LogP contribution in [0.2, 0.25) is 0 Å². The summed E-state index contributed by atoms with van der Waals surface area (Å²) in [6, 6.07) is 8.56. The van der Waals surface area contributed by atoms with Crippen molar-refractivity contribution in [2.24, 2.45) is 35.5 Å². The third kappa shape index (κ3) is 14.1. The molecule has 3 N–H and O–H groups in total. The number of benzene rings is 1. The molecule has 3 saturated heterocycles. The third-order valence-corrected chi connectivity index (χ3v) is 16.9. The Kier molecular flexibility index (Phi) is 21.0. The maximum Gasteiger partial charge on any atom is 0.329 e. The number of esters is 1. The van der Waals surface area contributed by atoms with Crippen molar-refractivity contribution in [2.45, 2.75) is 205 Å². The van der Waals surface area contributed by atoms with Gasteiger partial charge in [0.05, 0.1) is 36.1 Å². The van der Waals surface area contributed by atoms with Gasteiger partial charge >= 0.3 is 5.97 Å². The number of Topliss-reactive ketones (excluding diaryl/α,β-unsaturated/α-hetero) is 3. The zero-order chi connectivity index (χ0) is 53.3. The van der Waals surface area contributed by atoms with Crippen molar-refractivity contribution in [1.82, 2.24) is 4.90 Å². The fourth-order valence-corrected chi connectivity index (χ4v) is 12.1. The van der Waals surface area contributed by atoms with Crippen molar-refractivity contribution in [1.29, 1.82) is 0 Å². The number of methoxy groups -OCH3 is 3. The number of hydrogen-bond acceptors (Lipinski definition) is 15. The number of fused-ring (bicyclic) bond motifs is 17. The van der Waals surface area contributed by atoms with E-state index in [9.17, 15) is 39.3 Å². The lowest BCUT2D eigenvalue weighted by atomic mass is 9.78. The molecule has 4 bridgehead atoms. The standard InChI is InChI=1S/C57H86N2O14/c1-33-26-37(5)51(62)53(70-10)52(63)38(6)27-34(2)47(61)32-49(35(3)28-40-20-24-46(60)50(30-40)69-9)71-56(66)45-18-14-15-25-58(45)55(65)54(64)57(67)39(7)19-21-42(72-57)31-48(68-8)36(4)29-43-22-23-44(33)59(73-43)41-16-12-11-13-17-41/h11-13,16-17,27,29,33-35,37,39-40,42-46,48-50,52-53,60,63,67H,14-15,18-26,28,30-32H2,1-10H3/b36-29-,38-27-/t33-,34+,35+,37+,39+,40-,42-,43?,44?,45-,46+,48-,49?,50-,52+,53-,57+/m0/s1. The van der Waals surface area contributed by atoms with E-state index in [0.717, 1.165) is 17.7 Å². The molecule has 17 atom stereocenters. The summed E-state index contributed by atoms with van der Waals surface area (Å²) in [7, 11) is 4.56. The van der Waals surface area contributed by atoms with E-state index in [1.165, 1.54) is 12.0 Å². The Hall–Kier alpha value is -3.87. The zero-order valence-electron chi connectivity index (χ0n) is 45.1. The first-order valence-corrected chi connectivity index (χ1v) is 27.1. The number of para-hydroxylation sites is 1. The summed E-state index contributed by atoms with van der Waals surface area (Å²) in [4.78, 5) is 79.9. The molecule has 1 aromatic rings. The second-order valence-corrected chi connectivity index (χ2v) is 22.3. The molecule has 7 rings (SSSR count). The van der Waals surface area contributed by atoms with Gasteiger partial charge in [-0.15, -0.1) is 0 Å². The van der Waals surface area contributed by atoms with Gasteiger partial charge in [-0.1, -0.05) is 65.0 Å². The number of amides is 1. The fourth-order valence-electron chi connectivity index (χ4n) is 12.1.